The van der Waals surface area contributed by atoms with Gasteiger partial charge in [0.1, 0.15) is 11.8 Å². The summed E-state index contributed by atoms with van der Waals surface area (Å²) < 4.78 is 5.00. The summed E-state index contributed by atoms with van der Waals surface area (Å²) in [7, 11) is 0. The molecule has 0 fully saturated rings. The molecule has 1 N–H and O–H groups in total. The Labute approximate surface area is 85.4 Å². The van der Waals surface area contributed by atoms with Crippen LogP contribution < -0.4 is 4.74 Å². The number of thiophene rings is 1. The highest BCUT2D eigenvalue weighted by Crippen LogP contribution is 2.29. The van der Waals surface area contributed by atoms with Crippen LogP contribution in [0.1, 0.15) is 21.5 Å². The molecule has 0 aliphatic carbocycles. The number of ether oxygens (including phenoxy) is 1. The van der Waals surface area contributed by atoms with E-state index in [4.69, 9.17) is 15.1 Å². The lowest BCUT2D eigenvalue weighted by Crippen LogP contribution is -1.99. The molecule has 0 saturated heterocycles. The summed E-state index contributed by atoms with van der Waals surface area (Å²) in [6, 6.07) is 3.47. The summed E-state index contributed by atoms with van der Waals surface area (Å²) in [6.07, 6.45) is 0.765. The van der Waals surface area contributed by atoms with Crippen molar-refractivity contribution in [3.05, 3.63) is 15.8 Å². The first-order valence-electron chi connectivity index (χ1n) is 4.04. The SMILES string of the molecule is CCc1cc(OCC#N)c(C(=O)O)s1. The Morgan fingerprint density at radius 1 is 1.79 bits per heavy atom. The molecule has 0 radical (unpaired) electrons. The molecule has 1 aromatic rings. The Kier molecular flexibility index (Phi) is 3.48. The fourth-order valence-electron chi connectivity index (χ4n) is 0.963. The number of hydrogen-bond donors (Lipinski definition) is 1. The van der Waals surface area contributed by atoms with Crippen LogP contribution in [0.5, 0.6) is 5.75 Å². The predicted octanol–water partition coefficient (Wildman–Crippen LogP) is 1.91. The molecule has 1 heterocycles. The number of nitriles is 1. The van der Waals surface area contributed by atoms with E-state index >= 15 is 0 Å². The minimum atomic E-state index is -1.01. The van der Waals surface area contributed by atoms with Gasteiger partial charge in [0.15, 0.2) is 11.5 Å². The van der Waals surface area contributed by atoms with E-state index in [-0.39, 0.29) is 11.5 Å². The lowest BCUT2D eigenvalue weighted by Gasteiger charge is -1.97. The van der Waals surface area contributed by atoms with E-state index in [1.165, 1.54) is 11.3 Å². The van der Waals surface area contributed by atoms with Crippen molar-refractivity contribution in [2.75, 3.05) is 6.61 Å². The number of rotatable bonds is 4. The minimum Gasteiger partial charge on any atom is -0.477 e. The maximum Gasteiger partial charge on any atom is 0.349 e. The van der Waals surface area contributed by atoms with Gasteiger partial charge in [0, 0.05) is 4.88 Å². The van der Waals surface area contributed by atoms with Crippen LogP contribution in [-0.4, -0.2) is 17.7 Å². The van der Waals surface area contributed by atoms with Crippen LogP contribution in [0.3, 0.4) is 0 Å². The Morgan fingerprint density at radius 2 is 2.50 bits per heavy atom. The molecule has 0 spiro atoms. The molecule has 14 heavy (non-hydrogen) atoms. The molecule has 4 nitrogen and oxygen atoms in total. The molecule has 1 rings (SSSR count). The fraction of sp³-hybridized carbons (Fsp3) is 0.333. The predicted molar refractivity (Wildman–Crippen MR) is 51.8 cm³/mol. The van der Waals surface area contributed by atoms with Gasteiger partial charge in [-0.2, -0.15) is 5.26 Å². The van der Waals surface area contributed by atoms with Crippen molar-refractivity contribution in [3.63, 3.8) is 0 Å². The Bertz CT molecular complexity index is 378. The van der Waals surface area contributed by atoms with Crippen molar-refractivity contribution in [3.8, 4) is 11.8 Å². The van der Waals surface area contributed by atoms with Gasteiger partial charge in [-0.05, 0) is 12.5 Å². The fourth-order valence-corrected chi connectivity index (χ4v) is 1.84. The van der Waals surface area contributed by atoms with Crippen LogP contribution in [0.2, 0.25) is 0 Å². The third-order valence-electron chi connectivity index (χ3n) is 1.58. The molecule has 0 aromatic carbocycles. The minimum absolute atomic E-state index is 0.125. The van der Waals surface area contributed by atoms with Gasteiger partial charge in [-0.25, -0.2) is 4.79 Å². The second kappa shape index (κ2) is 4.63. The Hall–Kier alpha value is -1.54. The molecule has 0 bridgehead atoms. The van der Waals surface area contributed by atoms with Crippen molar-refractivity contribution in [2.45, 2.75) is 13.3 Å². The number of carbonyl (C=O) groups is 1. The van der Waals surface area contributed by atoms with E-state index in [1.54, 1.807) is 12.1 Å². The molecular formula is C9H9NO3S. The molecular weight excluding hydrogens is 202 g/mol. The summed E-state index contributed by atoms with van der Waals surface area (Å²) in [5, 5.41) is 17.1. The number of aryl methyl sites for hydroxylation is 1. The highest BCUT2D eigenvalue weighted by molar-refractivity contribution is 7.14. The van der Waals surface area contributed by atoms with E-state index in [1.807, 2.05) is 6.92 Å². The standard InChI is InChI=1S/C9H9NO3S/c1-2-6-5-7(13-4-3-10)8(14-6)9(11)12/h5H,2,4H2,1H3,(H,11,12). The second-order valence-electron chi connectivity index (χ2n) is 2.51. The van der Waals surface area contributed by atoms with Crippen LogP contribution in [0.25, 0.3) is 0 Å². The highest BCUT2D eigenvalue weighted by atomic mass is 32.1. The van der Waals surface area contributed by atoms with E-state index in [0.717, 1.165) is 11.3 Å². The monoisotopic (exact) mass is 211 g/mol. The van der Waals surface area contributed by atoms with Crippen LogP contribution in [0, 0.1) is 11.3 Å². The van der Waals surface area contributed by atoms with Gasteiger partial charge in [0.2, 0.25) is 0 Å². The number of nitrogens with zero attached hydrogens (tertiary/aromatic N) is 1. The number of aromatic carboxylic acids is 1. The van der Waals surface area contributed by atoms with Crippen molar-refractivity contribution in [1.29, 1.82) is 5.26 Å². The topological polar surface area (TPSA) is 70.3 Å². The lowest BCUT2D eigenvalue weighted by molar-refractivity contribution is 0.0698. The van der Waals surface area contributed by atoms with E-state index in [9.17, 15) is 4.79 Å². The van der Waals surface area contributed by atoms with Crippen molar-refractivity contribution < 1.29 is 14.6 Å². The van der Waals surface area contributed by atoms with Crippen molar-refractivity contribution in [1.82, 2.24) is 0 Å². The van der Waals surface area contributed by atoms with Gasteiger partial charge >= 0.3 is 5.97 Å². The molecule has 0 aliphatic heterocycles. The zero-order valence-electron chi connectivity index (χ0n) is 7.61. The van der Waals surface area contributed by atoms with Gasteiger partial charge in [0.25, 0.3) is 0 Å². The van der Waals surface area contributed by atoms with Crippen molar-refractivity contribution in [2.24, 2.45) is 0 Å². The Balaban J connectivity index is 2.95. The van der Waals surface area contributed by atoms with Gasteiger partial charge in [-0.15, -0.1) is 11.3 Å². The second-order valence-corrected chi connectivity index (χ2v) is 3.65. The molecule has 0 atom stereocenters. The number of hydrogen-bond acceptors (Lipinski definition) is 4. The van der Waals surface area contributed by atoms with E-state index in [2.05, 4.69) is 0 Å². The summed E-state index contributed by atoms with van der Waals surface area (Å²) >= 11 is 1.18. The lowest BCUT2D eigenvalue weighted by atomic mass is 10.3. The summed E-state index contributed by atoms with van der Waals surface area (Å²) in [5.74, 6) is -0.719. The van der Waals surface area contributed by atoms with Crippen LogP contribution in [0.15, 0.2) is 6.07 Å². The average Bonchev–Trinajstić information content (AvgIpc) is 2.58. The highest BCUT2D eigenvalue weighted by Gasteiger charge is 2.15. The normalized spacial score (nSPS) is 9.43. The third kappa shape index (κ3) is 2.24. The summed E-state index contributed by atoms with van der Waals surface area (Å²) in [6.45, 7) is 1.81. The maximum absolute atomic E-state index is 10.8. The number of carboxylic acids is 1. The van der Waals surface area contributed by atoms with Gasteiger partial charge in [-0.1, -0.05) is 6.92 Å². The van der Waals surface area contributed by atoms with Gasteiger partial charge < -0.3 is 9.84 Å². The summed E-state index contributed by atoms with van der Waals surface area (Å²) in [4.78, 5) is 11.9. The first-order chi connectivity index (χ1) is 6.69. The van der Waals surface area contributed by atoms with E-state index < -0.39 is 5.97 Å². The van der Waals surface area contributed by atoms with Crippen LogP contribution in [0.4, 0.5) is 0 Å². The van der Waals surface area contributed by atoms with E-state index in [0.29, 0.717) is 5.75 Å². The number of carboxylic acid groups (broad SMARTS) is 1. The first kappa shape index (κ1) is 10.5. The molecule has 1 aromatic heterocycles. The van der Waals surface area contributed by atoms with Crippen molar-refractivity contribution >= 4 is 17.3 Å². The third-order valence-corrected chi connectivity index (χ3v) is 2.83. The zero-order chi connectivity index (χ0) is 10.6. The molecule has 74 valence electrons. The van der Waals surface area contributed by atoms with Gasteiger partial charge in [0.05, 0.1) is 0 Å². The first-order valence-corrected chi connectivity index (χ1v) is 4.86. The molecule has 0 amide bonds. The zero-order valence-corrected chi connectivity index (χ0v) is 8.43. The molecule has 0 unspecified atom stereocenters. The maximum atomic E-state index is 10.8. The Morgan fingerprint density at radius 3 is 3.00 bits per heavy atom. The van der Waals surface area contributed by atoms with Crippen LogP contribution >= 0.6 is 11.3 Å². The quantitative estimate of drug-likeness (QED) is 0.825. The molecule has 0 saturated carbocycles. The largest absolute Gasteiger partial charge is 0.477 e. The summed E-state index contributed by atoms with van der Waals surface area (Å²) in [5.41, 5.74) is 0. The average molecular weight is 211 g/mol. The van der Waals surface area contributed by atoms with Crippen LogP contribution in [-0.2, 0) is 6.42 Å². The van der Waals surface area contributed by atoms with Gasteiger partial charge in [-0.3, -0.25) is 0 Å². The molecule has 0 aliphatic rings. The molecule has 5 heteroatoms. The smallest absolute Gasteiger partial charge is 0.349 e.